The van der Waals surface area contributed by atoms with Crippen molar-refractivity contribution in [2.24, 2.45) is 0 Å². The minimum atomic E-state index is -0.409. The highest BCUT2D eigenvalue weighted by Crippen LogP contribution is 2.20. The zero-order chi connectivity index (χ0) is 11.5. The highest BCUT2D eigenvalue weighted by Gasteiger charge is 2.16. The van der Waals surface area contributed by atoms with Gasteiger partial charge in [0.25, 0.3) is 0 Å². The van der Waals surface area contributed by atoms with Gasteiger partial charge < -0.3 is 9.72 Å². The molecule has 1 rings (SSSR count). The molecule has 0 unspecified atom stereocenters. The molecule has 0 bridgehead atoms. The maximum absolute atomic E-state index is 11.4. The van der Waals surface area contributed by atoms with Crippen molar-refractivity contribution in [3.05, 3.63) is 16.7 Å². The average molecular weight is 292 g/mol. The lowest BCUT2D eigenvalue weighted by Crippen LogP contribution is -2.24. The summed E-state index contributed by atoms with van der Waals surface area (Å²) in [4.78, 5) is 14.4. The maximum Gasteiger partial charge on any atom is 0.316 e. The number of nitrogens with one attached hydrogen (secondary N) is 1. The number of ether oxygens (including phenoxy) is 1. The van der Waals surface area contributed by atoms with E-state index in [9.17, 15) is 4.79 Å². The van der Waals surface area contributed by atoms with Gasteiger partial charge in [-0.1, -0.05) is 11.8 Å². The number of carbonyl (C=O) groups excluding carboxylic acids is 1. The molecule has 0 aliphatic carbocycles. The number of hydrogen-bond acceptors (Lipinski definition) is 3. The summed E-state index contributed by atoms with van der Waals surface area (Å²) in [5, 5.41) is 0.952. The van der Waals surface area contributed by atoms with Gasteiger partial charge in [0.05, 0.1) is 15.4 Å². The largest absolute Gasteiger partial charge is 0.459 e. The van der Waals surface area contributed by atoms with E-state index in [2.05, 4.69) is 20.9 Å². The van der Waals surface area contributed by atoms with Crippen LogP contribution in [0.5, 0.6) is 0 Å². The van der Waals surface area contributed by atoms with Gasteiger partial charge in [-0.3, -0.25) is 4.79 Å². The fourth-order valence-electron chi connectivity index (χ4n) is 0.942. The topological polar surface area (TPSA) is 42.1 Å². The summed E-state index contributed by atoms with van der Waals surface area (Å²) in [6.07, 6.45) is 0. The summed E-state index contributed by atoms with van der Waals surface area (Å²) >= 11 is 4.73. The third-order valence-corrected chi connectivity index (χ3v) is 2.78. The Kier molecular flexibility index (Phi) is 4.28. The van der Waals surface area contributed by atoms with Crippen molar-refractivity contribution >= 4 is 33.7 Å². The minimum absolute atomic E-state index is 0.196. The van der Waals surface area contributed by atoms with Crippen LogP contribution < -0.4 is 0 Å². The number of aromatic nitrogens is 1. The highest BCUT2D eigenvalue weighted by molar-refractivity contribution is 9.10. The van der Waals surface area contributed by atoms with Crippen LogP contribution in [0.25, 0.3) is 0 Å². The second kappa shape index (κ2) is 5.07. The van der Waals surface area contributed by atoms with E-state index < -0.39 is 5.60 Å². The van der Waals surface area contributed by atoms with E-state index in [4.69, 9.17) is 4.74 Å². The molecule has 0 saturated heterocycles. The van der Waals surface area contributed by atoms with Gasteiger partial charge in [0.2, 0.25) is 0 Å². The zero-order valence-electron chi connectivity index (χ0n) is 8.96. The first kappa shape index (κ1) is 12.6. The van der Waals surface area contributed by atoms with Crippen molar-refractivity contribution in [3.63, 3.8) is 0 Å². The molecule has 0 aliphatic heterocycles. The van der Waals surface area contributed by atoms with Gasteiger partial charge in [-0.25, -0.2) is 0 Å². The van der Waals surface area contributed by atoms with E-state index in [0.717, 1.165) is 9.63 Å². The van der Waals surface area contributed by atoms with Crippen LogP contribution in [0.3, 0.4) is 0 Å². The number of esters is 1. The van der Waals surface area contributed by atoms with Gasteiger partial charge in [0.1, 0.15) is 5.60 Å². The number of H-pyrrole nitrogens is 1. The first-order chi connectivity index (χ1) is 6.87. The third kappa shape index (κ3) is 5.28. The van der Waals surface area contributed by atoms with Gasteiger partial charge in [-0.2, -0.15) is 0 Å². The van der Waals surface area contributed by atoms with E-state index in [1.54, 1.807) is 0 Å². The quantitative estimate of drug-likeness (QED) is 0.687. The number of halogens is 1. The molecule has 0 spiro atoms. The van der Waals surface area contributed by atoms with Crippen molar-refractivity contribution in [2.45, 2.75) is 31.4 Å². The molecular formula is C10H14BrNO2S. The Labute approximate surface area is 102 Å². The molecule has 5 heteroatoms. The number of aromatic amines is 1. The molecule has 84 valence electrons. The number of thioether (sulfide) groups is 1. The Morgan fingerprint density at radius 1 is 1.53 bits per heavy atom. The summed E-state index contributed by atoms with van der Waals surface area (Å²) in [7, 11) is 0. The maximum atomic E-state index is 11.4. The first-order valence-electron chi connectivity index (χ1n) is 4.56. The van der Waals surface area contributed by atoms with Crippen LogP contribution in [0.2, 0.25) is 0 Å². The van der Waals surface area contributed by atoms with Crippen LogP contribution in [0, 0.1) is 0 Å². The molecule has 0 aromatic carbocycles. The van der Waals surface area contributed by atoms with E-state index in [1.165, 1.54) is 11.8 Å². The smallest absolute Gasteiger partial charge is 0.316 e. The van der Waals surface area contributed by atoms with Crippen molar-refractivity contribution in [1.82, 2.24) is 4.98 Å². The minimum Gasteiger partial charge on any atom is -0.459 e. The van der Waals surface area contributed by atoms with E-state index in [1.807, 2.05) is 32.9 Å². The second-order valence-corrected chi connectivity index (χ2v) is 5.92. The van der Waals surface area contributed by atoms with Crippen LogP contribution in [-0.2, 0) is 9.53 Å². The van der Waals surface area contributed by atoms with Gasteiger partial charge in [0.15, 0.2) is 0 Å². The zero-order valence-corrected chi connectivity index (χ0v) is 11.4. The summed E-state index contributed by atoms with van der Waals surface area (Å²) in [6, 6.07) is 3.82. The SMILES string of the molecule is CC(C)(C)OC(=O)CSc1ccc(Br)[nH]1. The van der Waals surface area contributed by atoms with Crippen molar-refractivity contribution in [1.29, 1.82) is 0 Å². The molecule has 0 aliphatic rings. The van der Waals surface area contributed by atoms with Crippen LogP contribution in [0.15, 0.2) is 21.8 Å². The lowest BCUT2D eigenvalue weighted by Gasteiger charge is -2.19. The number of hydrogen-bond donors (Lipinski definition) is 1. The lowest BCUT2D eigenvalue weighted by molar-refractivity contribution is -0.151. The molecule has 0 saturated carbocycles. The van der Waals surface area contributed by atoms with Crippen LogP contribution in [0.4, 0.5) is 0 Å². The molecule has 0 fully saturated rings. The Morgan fingerprint density at radius 3 is 2.67 bits per heavy atom. The molecule has 15 heavy (non-hydrogen) atoms. The average Bonchev–Trinajstić information content (AvgIpc) is 2.45. The predicted molar refractivity (Wildman–Crippen MR) is 65.1 cm³/mol. The third-order valence-electron chi connectivity index (χ3n) is 1.39. The van der Waals surface area contributed by atoms with Crippen molar-refractivity contribution < 1.29 is 9.53 Å². The summed E-state index contributed by atoms with van der Waals surface area (Å²) in [5.41, 5.74) is -0.409. The molecular weight excluding hydrogens is 278 g/mol. The predicted octanol–water partition coefficient (Wildman–Crippen LogP) is 3.21. The first-order valence-corrected chi connectivity index (χ1v) is 6.34. The Bertz CT molecular complexity index is 343. The Morgan fingerprint density at radius 2 is 2.20 bits per heavy atom. The Hall–Kier alpha value is -0.420. The monoisotopic (exact) mass is 291 g/mol. The lowest BCUT2D eigenvalue weighted by atomic mass is 10.2. The fourth-order valence-corrected chi connectivity index (χ4v) is 2.10. The van der Waals surface area contributed by atoms with E-state index in [-0.39, 0.29) is 5.97 Å². The van der Waals surface area contributed by atoms with Crippen molar-refractivity contribution in [2.75, 3.05) is 5.75 Å². The summed E-state index contributed by atoms with van der Waals surface area (Å²) in [6.45, 7) is 5.59. The van der Waals surface area contributed by atoms with Gasteiger partial charge in [-0.15, -0.1) is 0 Å². The van der Waals surface area contributed by atoms with Gasteiger partial charge in [0, 0.05) is 0 Å². The molecule has 1 aromatic rings. The van der Waals surface area contributed by atoms with Crippen LogP contribution in [0.1, 0.15) is 20.8 Å². The Balaban J connectivity index is 2.35. The van der Waals surface area contributed by atoms with E-state index >= 15 is 0 Å². The summed E-state index contributed by atoms with van der Waals surface area (Å²) < 4.78 is 6.09. The van der Waals surface area contributed by atoms with Crippen LogP contribution >= 0.6 is 27.7 Å². The molecule has 0 radical (unpaired) electrons. The molecule has 1 N–H and O–H groups in total. The molecule has 0 amide bonds. The standard InChI is InChI=1S/C10H14BrNO2S/c1-10(2,3)14-9(13)6-15-8-5-4-7(11)12-8/h4-5,12H,6H2,1-3H3. The number of rotatable bonds is 3. The van der Waals surface area contributed by atoms with E-state index in [0.29, 0.717) is 5.75 Å². The molecule has 1 heterocycles. The summed E-state index contributed by atoms with van der Waals surface area (Å²) in [5.74, 6) is 0.128. The number of carbonyl (C=O) groups is 1. The molecule has 0 atom stereocenters. The molecule has 3 nitrogen and oxygen atoms in total. The highest BCUT2D eigenvalue weighted by atomic mass is 79.9. The van der Waals surface area contributed by atoms with Gasteiger partial charge >= 0.3 is 5.97 Å². The normalized spacial score (nSPS) is 11.5. The second-order valence-electron chi connectivity index (χ2n) is 4.05. The van der Waals surface area contributed by atoms with Crippen molar-refractivity contribution in [3.8, 4) is 0 Å². The fraction of sp³-hybridized carbons (Fsp3) is 0.500. The van der Waals surface area contributed by atoms with Crippen LogP contribution in [-0.4, -0.2) is 22.3 Å². The van der Waals surface area contributed by atoms with Gasteiger partial charge in [-0.05, 0) is 48.8 Å². The molecule has 1 aromatic heterocycles.